The molecule has 0 aromatic carbocycles. The summed E-state index contributed by atoms with van der Waals surface area (Å²) >= 11 is 13.9. The Kier molecular flexibility index (Phi) is 5.97. The van der Waals surface area contributed by atoms with Gasteiger partial charge >= 0.3 is 0 Å². The Labute approximate surface area is 130 Å². The molecule has 1 fully saturated rings. The summed E-state index contributed by atoms with van der Waals surface area (Å²) in [4.78, 5) is 2.60. The van der Waals surface area contributed by atoms with E-state index in [-0.39, 0.29) is 0 Å². The van der Waals surface area contributed by atoms with Crippen LogP contribution in [0.15, 0.2) is 6.07 Å². The number of hydrogen-bond donors (Lipinski definition) is 1. The molecule has 2 atom stereocenters. The fourth-order valence-corrected chi connectivity index (χ4v) is 4.60. The Hall–Kier alpha value is 0.200. The standard InChI is InChI=1S/C14H22Cl2N2S/c1-10(12-9-13(15)19-14(12)16)18-8-4-3-5-11(18)6-7-17-2/h9-11,17H,3-8H2,1-2H3. The Morgan fingerprint density at radius 3 is 2.89 bits per heavy atom. The van der Waals surface area contributed by atoms with Crippen LogP contribution in [0.1, 0.15) is 44.2 Å². The first-order valence-electron chi connectivity index (χ1n) is 6.98. The molecule has 0 aliphatic carbocycles. The van der Waals surface area contributed by atoms with Gasteiger partial charge in [0.05, 0.1) is 8.67 Å². The van der Waals surface area contributed by atoms with Gasteiger partial charge in [-0.25, -0.2) is 0 Å². The molecule has 0 saturated carbocycles. The molecule has 2 unspecified atom stereocenters. The maximum absolute atomic E-state index is 6.31. The summed E-state index contributed by atoms with van der Waals surface area (Å²) in [5.41, 5.74) is 1.19. The molecule has 1 aliphatic heterocycles. The molecule has 1 aliphatic rings. The predicted octanol–water partition coefficient (Wildman–Crippen LogP) is 4.58. The summed E-state index contributed by atoms with van der Waals surface area (Å²) in [5, 5.41) is 3.26. The van der Waals surface area contributed by atoms with Crippen LogP contribution in [0, 0.1) is 0 Å². The molecule has 2 heterocycles. The third-order valence-corrected chi connectivity index (χ3v) is 5.55. The topological polar surface area (TPSA) is 15.3 Å². The lowest BCUT2D eigenvalue weighted by atomic mass is 9.96. The van der Waals surface area contributed by atoms with E-state index in [1.807, 2.05) is 13.1 Å². The normalized spacial score (nSPS) is 22.6. The average molecular weight is 321 g/mol. The number of nitrogens with zero attached hydrogens (tertiary/aromatic N) is 1. The second-order valence-corrected chi connectivity index (χ2v) is 7.52. The highest BCUT2D eigenvalue weighted by molar-refractivity contribution is 7.20. The van der Waals surface area contributed by atoms with Crippen molar-refractivity contribution in [1.29, 1.82) is 0 Å². The second kappa shape index (κ2) is 7.28. The van der Waals surface area contributed by atoms with E-state index in [0.717, 1.165) is 15.2 Å². The molecule has 5 heteroatoms. The fourth-order valence-electron chi connectivity index (χ4n) is 2.97. The first kappa shape index (κ1) is 15.6. The summed E-state index contributed by atoms with van der Waals surface area (Å²) in [5.74, 6) is 0. The van der Waals surface area contributed by atoms with Crippen molar-refractivity contribution in [3.8, 4) is 0 Å². The van der Waals surface area contributed by atoms with E-state index < -0.39 is 0 Å². The Bertz CT molecular complexity index is 408. The van der Waals surface area contributed by atoms with Crippen LogP contribution in [0.5, 0.6) is 0 Å². The van der Waals surface area contributed by atoms with Gasteiger partial charge in [0.15, 0.2) is 0 Å². The number of rotatable bonds is 5. The molecule has 0 bridgehead atoms. The molecule has 0 radical (unpaired) electrons. The minimum Gasteiger partial charge on any atom is -0.320 e. The number of likely N-dealkylation sites (tertiary alicyclic amines) is 1. The van der Waals surface area contributed by atoms with E-state index in [1.54, 1.807) is 0 Å². The monoisotopic (exact) mass is 320 g/mol. The van der Waals surface area contributed by atoms with Crippen molar-refractivity contribution in [3.63, 3.8) is 0 Å². The molecule has 2 rings (SSSR count). The Morgan fingerprint density at radius 1 is 1.47 bits per heavy atom. The highest BCUT2D eigenvalue weighted by atomic mass is 35.5. The van der Waals surface area contributed by atoms with E-state index in [4.69, 9.17) is 23.2 Å². The van der Waals surface area contributed by atoms with Crippen LogP contribution in [0.25, 0.3) is 0 Å². The average Bonchev–Trinajstić information content (AvgIpc) is 2.75. The molecule has 1 aromatic heterocycles. The molecule has 0 amide bonds. The molecule has 19 heavy (non-hydrogen) atoms. The van der Waals surface area contributed by atoms with Crippen LogP contribution in [0.3, 0.4) is 0 Å². The third-order valence-electron chi connectivity index (χ3n) is 4.03. The summed E-state index contributed by atoms with van der Waals surface area (Å²) in [7, 11) is 2.02. The van der Waals surface area contributed by atoms with Gasteiger partial charge in [0, 0.05) is 17.6 Å². The highest BCUT2D eigenvalue weighted by Gasteiger charge is 2.28. The Balaban J connectivity index is 2.10. The second-order valence-electron chi connectivity index (χ2n) is 5.24. The van der Waals surface area contributed by atoms with Gasteiger partial charge in [0.1, 0.15) is 0 Å². The van der Waals surface area contributed by atoms with E-state index in [9.17, 15) is 0 Å². The number of nitrogens with one attached hydrogen (secondary N) is 1. The van der Waals surface area contributed by atoms with Gasteiger partial charge in [-0.2, -0.15) is 0 Å². The minimum absolute atomic E-state index is 0.360. The van der Waals surface area contributed by atoms with Gasteiger partial charge in [-0.05, 0) is 52.4 Å². The number of hydrogen-bond acceptors (Lipinski definition) is 3. The lowest BCUT2D eigenvalue weighted by Crippen LogP contribution is -2.42. The zero-order valence-electron chi connectivity index (χ0n) is 11.6. The van der Waals surface area contributed by atoms with Crippen molar-refractivity contribution >= 4 is 34.5 Å². The van der Waals surface area contributed by atoms with Crippen LogP contribution < -0.4 is 5.32 Å². The zero-order chi connectivity index (χ0) is 13.8. The first-order chi connectivity index (χ1) is 9.13. The molecule has 0 spiro atoms. The van der Waals surface area contributed by atoms with Crippen LogP contribution in [0.2, 0.25) is 8.67 Å². The number of halogens is 2. The van der Waals surface area contributed by atoms with Gasteiger partial charge < -0.3 is 5.32 Å². The minimum atomic E-state index is 0.360. The molecule has 1 aromatic rings. The smallest absolute Gasteiger partial charge is 0.0991 e. The zero-order valence-corrected chi connectivity index (χ0v) is 13.9. The molecule has 108 valence electrons. The summed E-state index contributed by atoms with van der Waals surface area (Å²) in [6, 6.07) is 3.05. The lowest BCUT2D eigenvalue weighted by molar-refractivity contribution is 0.0974. The molecular weight excluding hydrogens is 299 g/mol. The number of piperidine rings is 1. The van der Waals surface area contributed by atoms with E-state index in [1.165, 1.54) is 49.1 Å². The van der Waals surface area contributed by atoms with Gasteiger partial charge in [0.2, 0.25) is 0 Å². The van der Waals surface area contributed by atoms with Crippen LogP contribution >= 0.6 is 34.5 Å². The first-order valence-corrected chi connectivity index (χ1v) is 8.55. The third kappa shape index (κ3) is 3.85. The molecule has 2 nitrogen and oxygen atoms in total. The highest BCUT2D eigenvalue weighted by Crippen LogP contribution is 2.39. The van der Waals surface area contributed by atoms with E-state index >= 15 is 0 Å². The van der Waals surface area contributed by atoms with Crippen molar-refractivity contribution in [2.24, 2.45) is 0 Å². The Morgan fingerprint density at radius 2 is 2.26 bits per heavy atom. The van der Waals surface area contributed by atoms with Crippen LogP contribution in [-0.4, -0.2) is 31.1 Å². The molecule has 1 saturated heterocycles. The van der Waals surface area contributed by atoms with E-state index in [2.05, 4.69) is 17.1 Å². The van der Waals surface area contributed by atoms with Crippen molar-refractivity contribution in [2.75, 3.05) is 20.1 Å². The quantitative estimate of drug-likeness (QED) is 0.854. The van der Waals surface area contributed by atoms with Crippen molar-refractivity contribution in [1.82, 2.24) is 10.2 Å². The predicted molar refractivity (Wildman–Crippen MR) is 85.6 cm³/mol. The molecular formula is C14H22Cl2N2S. The maximum atomic E-state index is 6.31. The van der Waals surface area contributed by atoms with Crippen molar-refractivity contribution < 1.29 is 0 Å². The van der Waals surface area contributed by atoms with E-state index in [0.29, 0.717) is 12.1 Å². The van der Waals surface area contributed by atoms with Crippen LogP contribution in [-0.2, 0) is 0 Å². The van der Waals surface area contributed by atoms with Crippen molar-refractivity contribution in [3.05, 3.63) is 20.3 Å². The van der Waals surface area contributed by atoms with Crippen molar-refractivity contribution in [2.45, 2.75) is 44.7 Å². The summed E-state index contributed by atoms with van der Waals surface area (Å²) in [6.07, 6.45) is 5.13. The maximum Gasteiger partial charge on any atom is 0.0991 e. The summed E-state index contributed by atoms with van der Waals surface area (Å²) in [6.45, 7) is 4.49. The summed E-state index contributed by atoms with van der Waals surface area (Å²) < 4.78 is 1.63. The van der Waals surface area contributed by atoms with Gasteiger partial charge in [-0.1, -0.05) is 29.6 Å². The van der Waals surface area contributed by atoms with Gasteiger partial charge in [-0.3, -0.25) is 4.90 Å². The van der Waals surface area contributed by atoms with Gasteiger partial charge in [0.25, 0.3) is 0 Å². The van der Waals surface area contributed by atoms with Gasteiger partial charge in [-0.15, -0.1) is 11.3 Å². The lowest BCUT2D eigenvalue weighted by Gasteiger charge is -2.40. The van der Waals surface area contributed by atoms with Crippen LogP contribution in [0.4, 0.5) is 0 Å². The number of thiophene rings is 1. The molecule has 1 N–H and O–H groups in total. The largest absolute Gasteiger partial charge is 0.320 e. The SMILES string of the molecule is CNCCC1CCCCN1C(C)c1cc(Cl)sc1Cl. The fraction of sp³-hybridized carbons (Fsp3) is 0.714.